The summed E-state index contributed by atoms with van der Waals surface area (Å²) in [7, 11) is 1.61. The fourth-order valence-electron chi connectivity index (χ4n) is 2.86. The van der Waals surface area contributed by atoms with E-state index in [4.69, 9.17) is 15.2 Å². The third kappa shape index (κ3) is 5.47. The van der Waals surface area contributed by atoms with Crippen molar-refractivity contribution >= 4 is 5.91 Å². The van der Waals surface area contributed by atoms with Crippen LogP contribution in [0.4, 0.5) is 0 Å². The number of rotatable bonds is 8. The molecule has 3 unspecified atom stereocenters. The van der Waals surface area contributed by atoms with Crippen molar-refractivity contribution in [3.63, 3.8) is 0 Å². The van der Waals surface area contributed by atoms with E-state index >= 15 is 0 Å². The molecule has 2 aromatic carbocycles. The van der Waals surface area contributed by atoms with Gasteiger partial charge in [0.25, 0.3) is 0 Å². The SMILES string of the molecule is COc1cc(C(C)NC(=O)C(C)C(N)c2ccccc2)ccc1OC(C)C. The Morgan fingerprint density at radius 2 is 1.63 bits per heavy atom. The molecule has 3 atom stereocenters. The highest BCUT2D eigenvalue weighted by Gasteiger charge is 2.24. The Morgan fingerprint density at radius 1 is 0.963 bits per heavy atom. The van der Waals surface area contributed by atoms with Crippen LogP contribution in [0.2, 0.25) is 0 Å². The first-order valence-corrected chi connectivity index (χ1v) is 9.29. The van der Waals surface area contributed by atoms with Gasteiger partial charge in [0.1, 0.15) is 0 Å². The first-order valence-electron chi connectivity index (χ1n) is 9.29. The van der Waals surface area contributed by atoms with E-state index in [2.05, 4.69) is 5.32 Å². The Hall–Kier alpha value is -2.53. The summed E-state index contributed by atoms with van der Waals surface area (Å²) in [5, 5.41) is 3.04. The van der Waals surface area contributed by atoms with Crippen molar-refractivity contribution in [3.05, 3.63) is 59.7 Å². The maximum atomic E-state index is 12.7. The zero-order valence-corrected chi connectivity index (χ0v) is 16.7. The highest BCUT2D eigenvalue weighted by Crippen LogP contribution is 2.31. The van der Waals surface area contributed by atoms with Gasteiger partial charge in [-0.05, 0) is 44.0 Å². The lowest BCUT2D eigenvalue weighted by molar-refractivity contribution is -0.125. The van der Waals surface area contributed by atoms with Gasteiger partial charge in [0.05, 0.1) is 25.2 Å². The van der Waals surface area contributed by atoms with Crippen molar-refractivity contribution in [1.82, 2.24) is 5.32 Å². The van der Waals surface area contributed by atoms with Crippen LogP contribution in [-0.4, -0.2) is 19.1 Å². The minimum atomic E-state index is -0.352. The standard InChI is InChI=1S/C22H30N2O3/c1-14(2)27-19-12-11-18(13-20(19)26-5)16(4)24-22(25)15(3)21(23)17-9-7-6-8-10-17/h6-16,21H,23H2,1-5H3,(H,24,25). The Labute approximate surface area is 161 Å². The van der Waals surface area contributed by atoms with Crippen molar-refractivity contribution in [2.24, 2.45) is 11.7 Å². The molecule has 0 aliphatic rings. The number of methoxy groups -OCH3 is 1. The lowest BCUT2D eigenvalue weighted by Gasteiger charge is -2.23. The van der Waals surface area contributed by atoms with Gasteiger partial charge < -0.3 is 20.5 Å². The fraction of sp³-hybridized carbons (Fsp3) is 0.409. The second kappa shape index (κ2) is 9.42. The second-order valence-corrected chi connectivity index (χ2v) is 7.03. The van der Waals surface area contributed by atoms with Crippen molar-refractivity contribution in [2.75, 3.05) is 7.11 Å². The van der Waals surface area contributed by atoms with E-state index in [0.717, 1.165) is 11.1 Å². The number of hydrogen-bond acceptors (Lipinski definition) is 4. The number of nitrogens with two attached hydrogens (primary N) is 1. The summed E-state index contributed by atoms with van der Waals surface area (Å²) in [6.45, 7) is 7.72. The quantitative estimate of drug-likeness (QED) is 0.737. The number of ether oxygens (including phenoxy) is 2. The lowest BCUT2D eigenvalue weighted by atomic mass is 9.94. The molecule has 0 saturated heterocycles. The summed E-state index contributed by atoms with van der Waals surface area (Å²) >= 11 is 0. The van der Waals surface area contributed by atoms with Crippen molar-refractivity contribution in [1.29, 1.82) is 0 Å². The molecule has 1 amide bonds. The average molecular weight is 370 g/mol. The molecular weight excluding hydrogens is 340 g/mol. The van der Waals surface area contributed by atoms with Gasteiger partial charge in [-0.15, -0.1) is 0 Å². The topological polar surface area (TPSA) is 73.6 Å². The predicted octanol–water partition coefficient (Wildman–Crippen LogP) is 4.00. The van der Waals surface area contributed by atoms with Crippen molar-refractivity contribution in [2.45, 2.75) is 45.9 Å². The summed E-state index contributed by atoms with van der Waals surface area (Å²) in [6.07, 6.45) is 0.0576. The van der Waals surface area contributed by atoms with E-state index in [1.807, 2.05) is 76.2 Å². The number of carbonyl (C=O) groups excluding carboxylic acids is 1. The van der Waals surface area contributed by atoms with Gasteiger partial charge in [0.15, 0.2) is 11.5 Å². The zero-order valence-electron chi connectivity index (χ0n) is 16.7. The lowest BCUT2D eigenvalue weighted by Crippen LogP contribution is -2.36. The molecule has 5 heteroatoms. The van der Waals surface area contributed by atoms with Crippen LogP contribution in [0.25, 0.3) is 0 Å². The summed E-state index contributed by atoms with van der Waals surface area (Å²) in [4.78, 5) is 12.7. The van der Waals surface area contributed by atoms with Crippen LogP contribution in [-0.2, 0) is 4.79 Å². The van der Waals surface area contributed by atoms with Crippen LogP contribution in [0.5, 0.6) is 11.5 Å². The molecule has 0 aliphatic heterocycles. The Bertz CT molecular complexity index is 746. The molecule has 3 N–H and O–H groups in total. The number of benzene rings is 2. The maximum absolute atomic E-state index is 12.7. The Balaban J connectivity index is 2.07. The predicted molar refractivity (Wildman–Crippen MR) is 108 cm³/mol. The van der Waals surface area contributed by atoms with Crippen LogP contribution in [0.1, 0.15) is 50.9 Å². The summed E-state index contributed by atoms with van der Waals surface area (Å²) < 4.78 is 11.2. The number of nitrogens with one attached hydrogen (secondary N) is 1. The van der Waals surface area contributed by atoms with Gasteiger partial charge >= 0.3 is 0 Å². The van der Waals surface area contributed by atoms with Crippen LogP contribution in [0.15, 0.2) is 48.5 Å². The maximum Gasteiger partial charge on any atom is 0.225 e. The first kappa shape index (κ1) is 20.8. The minimum absolute atomic E-state index is 0.0576. The van der Waals surface area contributed by atoms with E-state index in [1.165, 1.54) is 0 Å². The van der Waals surface area contributed by atoms with Crippen LogP contribution in [0.3, 0.4) is 0 Å². The molecule has 0 bridgehead atoms. The summed E-state index contributed by atoms with van der Waals surface area (Å²) in [5.41, 5.74) is 8.16. The van der Waals surface area contributed by atoms with Gasteiger partial charge in [-0.3, -0.25) is 4.79 Å². The Morgan fingerprint density at radius 3 is 2.22 bits per heavy atom. The molecule has 0 spiro atoms. The Kier molecular flexibility index (Phi) is 7.25. The molecule has 146 valence electrons. The van der Waals surface area contributed by atoms with E-state index in [1.54, 1.807) is 7.11 Å². The number of carbonyl (C=O) groups is 1. The molecular formula is C22H30N2O3. The van der Waals surface area contributed by atoms with Crippen molar-refractivity contribution in [3.8, 4) is 11.5 Å². The van der Waals surface area contributed by atoms with Gasteiger partial charge in [0, 0.05) is 6.04 Å². The van der Waals surface area contributed by atoms with Gasteiger partial charge in [-0.25, -0.2) is 0 Å². The molecule has 0 saturated carbocycles. The number of amides is 1. The number of hydrogen-bond donors (Lipinski definition) is 2. The molecule has 0 radical (unpaired) electrons. The third-order valence-corrected chi connectivity index (χ3v) is 4.55. The van der Waals surface area contributed by atoms with E-state index in [9.17, 15) is 4.79 Å². The zero-order chi connectivity index (χ0) is 20.0. The van der Waals surface area contributed by atoms with Gasteiger partial charge in [-0.2, -0.15) is 0 Å². The third-order valence-electron chi connectivity index (χ3n) is 4.55. The molecule has 2 aromatic rings. The van der Waals surface area contributed by atoms with Gasteiger partial charge in [0.2, 0.25) is 5.91 Å². The minimum Gasteiger partial charge on any atom is -0.493 e. The van der Waals surface area contributed by atoms with Crippen LogP contribution < -0.4 is 20.5 Å². The summed E-state index contributed by atoms with van der Waals surface area (Å²) in [5.74, 6) is 0.909. The van der Waals surface area contributed by atoms with E-state index < -0.39 is 0 Å². The summed E-state index contributed by atoms with van der Waals surface area (Å²) in [6, 6.07) is 14.8. The molecule has 0 heterocycles. The molecule has 0 fully saturated rings. The highest BCUT2D eigenvalue weighted by atomic mass is 16.5. The first-order chi connectivity index (χ1) is 12.8. The van der Waals surface area contributed by atoms with E-state index in [-0.39, 0.29) is 30.0 Å². The average Bonchev–Trinajstić information content (AvgIpc) is 2.67. The smallest absolute Gasteiger partial charge is 0.225 e. The van der Waals surface area contributed by atoms with Crippen LogP contribution >= 0.6 is 0 Å². The molecule has 0 aromatic heterocycles. The molecule has 5 nitrogen and oxygen atoms in total. The van der Waals surface area contributed by atoms with E-state index in [0.29, 0.717) is 11.5 Å². The van der Waals surface area contributed by atoms with Crippen LogP contribution in [0, 0.1) is 5.92 Å². The monoisotopic (exact) mass is 370 g/mol. The fourth-order valence-corrected chi connectivity index (χ4v) is 2.86. The normalized spacial score (nSPS) is 14.3. The molecule has 2 rings (SSSR count). The molecule has 27 heavy (non-hydrogen) atoms. The van der Waals surface area contributed by atoms with Gasteiger partial charge in [-0.1, -0.05) is 43.3 Å². The van der Waals surface area contributed by atoms with Crippen molar-refractivity contribution < 1.29 is 14.3 Å². The molecule has 0 aliphatic carbocycles. The largest absolute Gasteiger partial charge is 0.493 e. The second-order valence-electron chi connectivity index (χ2n) is 7.03. The highest BCUT2D eigenvalue weighted by molar-refractivity contribution is 5.79.